The van der Waals surface area contributed by atoms with Gasteiger partial charge in [0.05, 0.1) is 27.4 Å². The Kier molecular flexibility index (Phi) is 8.43. The van der Waals surface area contributed by atoms with Crippen LogP contribution in [-0.4, -0.2) is 39.4 Å². The molecule has 0 bridgehead atoms. The molecule has 0 saturated heterocycles. The highest BCUT2D eigenvalue weighted by Gasteiger charge is 2.26. The minimum Gasteiger partial charge on any atom is -0.497 e. The first-order chi connectivity index (χ1) is 20.4. The van der Waals surface area contributed by atoms with E-state index in [2.05, 4.69) is 0 Å². The molecule has 3 aromatic carbocycles. The number of furan rings is 2. The molecule has 0 unspecified atom stereocenters. The maximum Gasteiger partial charge on any atom is 0.342 e. The Balaban J connectivity index is 1.62. The first-order valence-electron chi connectivity index (χ1n) is 13.5. The molecule has 0 radical (unpaired) electrons. The number of methoxy groups -OCH3 is 2. The molecule has 8 nitrogen and oxygen atoms in total. The molecule has 0 amide bonds. The summed E-state index contributed by atoms with van der Waals surface area (Å²) >= 11 is 0. The van der Waals surface area contributed by atoms with Crippen LogP contribution in [-0.2, 0) is 9.47 Å². The van der Waals surface area contributed by atoms with Crippen molar-refractivity contribution in [2.75, 3.05) is 27.4 Å². The molecule has 42 heavy (non-hydrogen) atoms. The van der Waals surface area contributed by atoms with Crippen LogP contribution in [0.15, 0.2) is 69.5 Å². The largest absolute Gasteiger partial charge is 0.497 e. The molecule has 8 heteroatoms. The first kappa shape index (κ1) is 28.3. The van der Waals surface area contributed by atoms with Crippen LogP contribution in [0.3, 0.4) is 0 Å². The monoisotopic (exact) mass is 566 g/mol. The van der Waals surface area contributed by atoms with Gasteiger partial charge in [0.15, 0.2) is 0 Å². The average Bonchev–Trinajstić information content (AvgIpc) is 3.55. The summed E-state index contributed by atoms with van der Waals surface area (Å²) in [6, 6.07) is 18.3. The lowest BCUT2D eigenvalue weighted by molar-refractivity contribution is 0.0517. The summed E-state index contributed by atoms with van der Waals surface area (Å²) in [4.78, 5) is 26.2. The van der Waals surface area contributed by atoms with E-state index in [1.807, 2.05) is 60.7 Å². The molecule has 0 aliphatic carbocycles. The van der Waals surface area contributed by atoms with Gasteiger partial charge in [-0.15, -0.1) is 0 Å². The molecule has 2 aromatic heterocycles. The van der Waals surface area contributed by atoms with E-state index in [1.165, 1.54) is 0 Å². The fraction of sp³-hybridized carbons (Fsp3) is 0.176. The lowest BCUT2D eigenvalue weighted by Crippen LogP contribution is -2.05. The number of rotatable bonds is 10. The number of hydrogen-bond acceptors (Lipinski definition) is 8. The number of ether oxygens (including phenoxy) is 4. The van der Waals surface area contributed by atoms with E-state index >= 15 is 0 Å². The summed E-state index contributed by atoms with van der Waals surface area (Å²) in [5.74, 6) is 1.07. The van der Waals surface area contributed by atoms with E-state index in [0.29, 0.717) is 33.5 Å². The van der Waals surface area contributed by atoms with E-state index in [4.69, 9.17) is 27.8 Å². The smallest absolute Gasteiger partial charge is 0.342 e. The molecule has 0 spiro atoms. The van der Waals surface area contributed by atoms with Crippen LogP contribution >= 0.6 is 0 Å². The molecule has 2 heterocycles. The molecule has 214 valence electrons. The van der Waals surface area contributed by atoms with Crippen LogP contribution in [0.4, 0.5) is 0 Å². The maximum absolute atomic E-state index is 13.1. The van der Waals surface area contributed by atoms with Crippen LogP contribution in [0.2, 0.25) is 0 Å². The van der Waals surface area contributed by atoms with E-state index in [9.17, 15) is 9.59 Å². The van der Waals surface area contributed by atoms with Crippen molar-refractivity contribution in [2.24, 2.45) is 0 Å². The number of benzene rings is 3. The Morgan fingerprint density at radius 2 is 1.00 bits per heavy atom. The normalized spacial score (nSPS) is 11.5. The molecular weight excluding hydrogens is 536 g/mol. The molecule has 0 saturated carbocycles. The molecule has 5 aromatic rings. The van der Waals surface area contributed by atoms with E-state index in [1.54, 1.807) is 52.4 Å². The van der Waals surface area contributed by atoms with E-state index < -0.39 is 11.9 Å². The third-order valence-electron chi connectivity index (χ3n) is 6.60. The minimum atomic E-state index is -0.526. The van der Waals surface area contributed by atoms with Gasteiger partial charge in [-0.05, 0) is 73.5 Å². The molecule has 0 fully saturated rings. The van der Waals surface area contributed by atoms with Crippen LogP contribution in [0.25, 0.3) is 46.2 Å². The van der Waals surface area contributed by atoms with Crippen LogP contribution in [0.5, 0.6) is 11.5 Å². The molecule has 5 rings (SSSR count). The Morgan fingerprint density at radius 3 is 1.33 bits per heavy atom. The van der Waals surface area contributed by atoms with Crippen molar-refractivity contribution in [3.8, 4) is 11.5 Å². The van der Waals surface area contributed by atoms with Gasteiger partial charge in [0.2, 0.25) is 0 Å². The zero-order valence-electron chi connectivity index (χ0n) is 23.8. The van der Waals surface area contributed by atoms with Crippen LogP contribution < -0.4 is 9.47 Å². The predicted octanol–water partition coefficient (Wildman–Crippen LogP) is 7.89. The second-order valence-corrected chi connectivity index (χ2v) is 9.18. The van der Waals surface area contributed by atoms with Gasteiger partial charge in [-0.3, -0.25) is 0 Å². The van der Waals surface area contributed by atoms with Gasteiger partial charge in [-0.2, -0.15) is 0 Å². The standard InChI is InChI=1S/C34H30O8/c1-5-39-33(35)31-25-19-30-26(20-29(25)41-27(31)17-11-21-7-13-23(37-3)14-8-21)32(34(36)40-6-2)28(42-30)18-12-22-9-15-24(38-4)16-10-22/h7-20H,5-6H2,1-4H3/b17-11+,18-12+. The predicted molar refractivity (Wildman–Crippen MR) is 162 cm³/mol. The fourth-order valence-corrected chi connectivity index (χ4v) is 4.56. The lowest BCUT2D eigenvalue weighted by atomic mass is 10.1. The maximum atomic E-state index is 13.1. The van der Waals surface area contributed by atoms with Crippen LogP contribution in [0.1, 0.15) is 57.2 Å². The zero-order valence-corrected chi connectivity index (χ0v) is 23.8. The quantitative estimate of drug-likeness (QED) is 0.157. The fourth-order valence-electron chi connectivity index (χ4n) is 4.56. The van der Waals surface area contributed by atoms with Gasteiger partial charge in [0.25, 0.3) is 0 Å². The number of carbonyl (C=O) groups excluding carboxylic acids is 2. The van der Waals surface area contributed by atoms with Crippen molar-refractivity contribution in [2.45, 2.75) is 13.8 Å². The van der Waals surface area contributed by atoms with Crippen molar-refractivity contribution >= 4 is 58.2 Å². The number of carbonyl (C=O) groups is 2. The third kappa shape index (κ3) is 5.78. The van der Waals surface area contributed by atoms with Crippen molar-refractivity contribution in [3.63, 3.8) is 0 Å². The van der Waals surface area contributed by atoms with Crippen molar-refractivity contribution in [1.82, 2.24) is 0 Å². The second kappa shape index (κ2) is 12.5. The first-order valence-corrected chi connectivity index (χ1v) is 13.5. The van der Waals surface area contributed by atoms with E-state index in [0.717, 1.165) is 22.6 Å². The number of esters is 2. The van der Waals surface area contributed by atoms with Gasteiger partial charge >= 0.3 is 11.9 Å². The summed E-state index contributed by atoms with van der Waals surface area (Å²) in [6.45, 7) is 3.88. The number of hydrogen-bond donors (Lipinski definition) is 0. The molecular formula is C34H30O8. The average molecular weight is 567 g/mol. The second-order valence-electron chi connectivity index (χ2n) is 9.18. The summed E-state index contributed by atoms with van der Waals surface area (Å²) < 4.78 is 33.5. The Bertz CT molecular complexity index is 1650. The molecule has 0 N–H and O–H groups in total. The highest BCUT2D eigenvalue weighted by molar-refractivity contribution is 6.14. The Labute approximate surface area is 242 Å². The zero-order chi connectivity index (χ0) is 29.6. The van der Waals surface area contributed by atoms with Gasteiger partial charge in [0, 0.05) is 10.8 Å². The Morgan fingerprint density at radius 1 is 0.619 bits per heavy atom. The highest BCUT2D eigenvalue weighted by Crippen LogP contribution is 2.36. The summed E-state index contributed by atoms with van der Waals surface area (Å²) in [5.41, 5.74) is 3.11. The van der Waals surface area contributed by atoms with Gasteiger partial charge in [0.1, 0.15) is 45.3 Å². The van der Waals surface area contributed by atoms with Crippen molar-refractivity contribution in [3.05, 3.63) is 94.4 Å². The number of fused-ring (bicyclic) bond motifs is 2. The van der Waals surface area contributed by atoms with Crippen LogP contribution in [0, 0.1) is 0 Å². The minimum absolute atomic E-state index is 0.198. The Hall–Kier alpha value is -5.24. The van der Waals surface area contributed by atoms with E-state index in [-0.39, 0.29) is 24.3 Å². The highest BCUT2D eigenvalue weighted by atomic mass is 16.5. The van der Waals surface area contributed by atoms with Gasteiger partial charge in [-0.25, -0.2) is 9.59 Å². The van der Waals surface area contributed by atoms with Gasteiger partial charge < -0.3 is 27.8 Å². The van der Waals surface area contributed by atoms with Crippen molar-refractivity contribution < 1.29 is 37.4 Å². The van der Waals surface area contributed by atoms with Gasteiger partial charge in [-0.1, -0.05) is 36.4 Å². The lowest BCUT2D eigenvalue weighted by Gasteiger charge is -2.02. The topological polar surface area (TPSA) is 97.3 Å². The molecule has 0 aliphatic heterocycles. The molecule has 0 atom stereocenters. The summed E-state index contributed by atoms with van der Waals surface area (Å²) in [7, 11) is 3.21. The SMILES string of the molecule is CCOC(=O)c1c(/C=C/c2ccc(OC)cc2)oc2cc3c(C(=O)OCC)c(/C=C/c4ccc(OC)cc4)oc3cc12. The van der Waals surface area contributed by atoms with Crippen molar-refractivity contribution in [1.29, 1.82) is 0 Å². The summed E-state index contributed by atoms with van der Waals surface area (Å²) in [6.07, 6.45) is 7.09. The molecule has 0 aliphatic rings. The third-order valence-corrected chi connectivity index (χ3v) is 6.60. The summed E-state index contributed by atoms with van der Waals surface area (Å²) in [5, 5.41) is 1.01.